The molecule has 0 amide bonds. The quantitative estimate of drug-likeness (QED) is 0.675. The summed E-state index contributed by atoms with van der Waals surface area (Å²) in [6.07, 6.45) is 5.96. The van der Waals surface area contributed by atoms with Gasteiger partial charge in [-0.05, 0) is 56.8 Å². The van der Waals surface area contributed by atoms with Crippen molar-refractivity contribution in [2.75, 3.05) is 25.0 Å². The number of thioether (sulfide) groups is 1. The van der Waals surface area contributed by atoms with E-state index < -0.39 is 0 Å². The maximum atomic E-state index is 14.3. The average Bonchev–Trinajstić information content (AvgIpc) is 2.61. The molecule has 2 aliphatic rings. The average molecular weight is 413 g/mol. The summed E-state index contributed by atoms with van der Waals surface area (Å²) in [5.41, 5.74) is 0.743. The van der Waals surface area contributed by atoms with E-state index in [1.165, 1.54) is 25.3 Å². The molecule has 2 aromatic rings. The molecule has 1 aliphatic carbocycles. The predicted octanol–water partition coefficient (Wildman–Crippen LogP) is 3.68. The number of rotatable bonds is 6. The Bertz CT molecular complexity index is 836. The van der Waals surface area contributed by atoms with Gasteiger partial charge in [-0.15, -0.1) is 12.4 Å². The number of anilines is 1. The Balaban J connectivity index is 0.00000210. The molecule has 0 unspecified atom stereocenters. The molecule has 8 heteroatoms. The molecule has 1 saturated heterocycles. The van der Waals surface area contributed by atoms with Crippen LogP contribution in [0.1, 0.15) is 37.9 Å². The first kappa shape index (κ1) is 20.4. The summed E-state index contributed by atoms with van der Waals surface area (Å²) < 4.78 is 14.3. The van der Waals surface area contributed by atoms with Crippen LogP contribution in [0.25, 0.3) is 10.9 Å². The molecule has 148 valence electrons. The minimum Gasteiger partial charge on any atom is -0.382 e. The number of hydrogen-bond acceptors (Lipinski definition) is 5. The highest BCUT2D eigenvalue weighted by Crippen LogP contribution is 2.28. The van der Waals surface area contributed by atoms with E-state index in [1.807, 2.05) is 11.8 Å². The lowest BCUT2D eigenvalue weighted by atomic mass is 9.85. The van der Waals surface area contributed by atoms with Gasteiger partial charge in [0.15, 0.2) is 0 Å². The fourth-order valence-electron chi connectivity index (χ4n) is 3.52. The molecule has 2 fully saturated rings. The van der Waals surface area contributed by atoms with Crippen molar-refractivity contribution in [2.45, 2.75) is 43.1 Å². The molecule has 1 aromatic heterocycles. The maximum absolute atomic E-state index is 14.3. The van der Waals surface area contributed by atoms with Gasteiger partial charge in [0, 0.05) is 11.8 Å². The second-order valence-electron chi connectivity index (χ2n) is 7.30. The van der Waals surface area contributed by atoms with Crippen LogP contribution in [0.4, 0.5) is 10.1 Å². The Morgan fingerprint density at radius 3 is 2.70 bits per heavy atom. The van der Waals surface area contributed by atoms with Gasteiger partial charge in [-0.2, -0.15) is 11.8 Å². The zero-order valence-electron chi connectivity index (χ0n) is 15.2. The first-order valence-electron chi connectivity index (χ1n) is 9.47. The monoisotopic (exact) mass is 412 g/mol. The predicted molar refractivity (Wildman–Crippen MR) is 113 cm³/mol. The zero-order valence-corrected chi connectivity index (χ0v) is 16.9. The molecule has 1 saturated carbocycles. The summed E-state index contributed by atoms with van der Waals surface area (Å²) in [6.45, 7) is 2.88. The maximum Gasteiger partial charge on any atom is 0.258 e. The third-order valence-corrected chi connectivity index (χ3v) is 6.77. The van der Waals surface area contributed by atoms with Crippen molar-refractivity contribution in [1.29, 1.82) is 0 Å². The van der Waals surface area contributed by atoms with Crippen LogP contribution in [-0.4, -0.2) is 34.9 Å². The van der Waals surface area contributed by atoms with Crippen LogP contribution in [0, 0.1) is 11.7 Å². The number of aromatic amines is 1. The molecule has 4 rings (SSSR count). The molecule has 0 bridgehead atoms. The minimum atomic E-state index is -0.388. The number of benzene rings is 1. The van der Waals surface area contributed by atoms with Crippen molar-refractivity contribution in [2.24, 2.45) is 5.92 Å². The third kappa shape index (κ3) is 4.95. The van der Waals surface area contributed by atoms with Gasteiger partial charge in [-0.1, -0.05) is 6.42 Å². The molecule has 27 heavy (non-hydrogen) atoms. The highest BCUT2D eigenvalue weighted by molar-refractivity contribution is 7.99. The van der Waals surface area contributed by atoms with Gasteiger partial charge in [0.1, 0.15) is 11.6 Å². The normalized spacial score (nSPS) is 18.1. The van der Waals surface area contributed by atoms with E-state index in [0.717, 1.165) is 32.5 Å². The highest BCUT2D eigenvalue weighted by atomic mass is 35.5. The molecule has 2 heterocycles. The summed E-state index contributed by atoms with van der Waals surface area (Å²) >= 11 is 1.84. The van der Waals surface area contributed by atoms with Crippen molar-refractivity contribution in [3.8, 4) is 0 Å². The molecular weight excluding hydrogens is 387 g/mol. The van der Waals surface area contributed by atoms with Gasteiger partial charge >= 0.3 is 0 Å². The standard InChI is InChI=1S/C19H25FN4OS.ClH/c20-15-8-14-16(9-17(15)22-10-12-2-1-3-12)23-18(24-19(14)25)11-26-13-4-6-21-7-5-13;/h8-9,12-13,21-22H,1-7,10-11H2,(H,23,24,25);1H. The second-order valence-corrected chi connectivity index (χ2v) is 8.59. The number of nitrogens with one attached hydrogen (secondary N) is 3. The van der Waals surface area contributed by atoms with Crippen LogP contribution in [0.5, 0.6) is 0 Å². The fraction of sp³-hybridized carbons (Fsp3) is 0.579. The van der Waals surface area contributed by atoms with E-state index in [0.29, 0.717) is 39.3 Å². The Hall–Kier alpha value is -1.31. The van der Waals surface area contributed by atoms with Crippen LogP contribution in [0.3, 0.4) is 0 Å². The van der Waals surface area contributed by atoms with Crippen molar-refractivity contribution in [3.63, 3.8) is 0 Å². The first-order chi connectivity index (χ1) is 12.7. The van der Waals surface area contributed by atoms with Gasteiger partial charge in [-0.3, -0.25) is 4.79 Å². The number of aromatic nitrogens is 2. The SMILES string of the molecule is Cl.O=c1[nH]c(CSC2CCNCC2)nc2cc(NCC3CCC3)c(F)cc12. The van der Waals surface area contributed by atoms with Crippen LogP contribution in [0.15, 0.2) is 16.9 Å². The van der Waals surface area contributed by atoms with E-state index in [2.05, 4.69) is 20.6 Å². The van der Waals surface area contributed by atoms with Crippen LogP contribution in [0.2, 0.25) is 0 Å². The zero-order chi connectivity index (χ0) is 17.9. The van der Waals surface area contributed by atoms with E-state index in [4.69, 9.17) is 0 Å². The molecule has 0 spiro atoms. The summed E-state index contributed by atoms with van der Waals surface area (Å²) in [5, 5.41) is 7.46. The molecule has 1 aromatic carbocycles. The van der Waals surface area contributed by atoms with Gasteiger partial charge in [0.25, 0.3) is 5.56 Å². The van der Waals surface area contributed by atoms with Gasteiger partial charge in [0.05, 0.1) is 22.3 Å². The second kappa shape index (κ2) is 9.26. The topological polar surface area (TPSA) is 69.8 Å². The lowest BCUT2D eigenvalue weighted by Gasteiger charge is -2.26. The van der Waals surface area contributed by atoms with E-state index in [1.54, 1.807) is 6.07 Å². The first-order valence-corrected chi connectivity index (χ1v) is 10.5. The van der Waals surface area contributed by atoms with Crippen LogP contribution >= 0.6 is 24.2 Å². The molecule has 0 atom stereocenters. The van der Waals surface area contributed by atoms with E-state index in [9.17, 15) is 9.18 Å². The molecule has 1 aliphatic heterocycles. The van der Waals surface area contributed by atoms with Crippen molar-refractivity contribution < 1.29 is 4.39 Å². The van der Waals surface area contributed by atoms with E-state index >= 15 is 0 Å². The molecule has 3 N–H and O–H groups in total. The van der Waals surface area contributed by atoms with Crippen LogP contribution in [-0.2, 0) is 5.75 Å². The summed E-state index contributed by atoms with van der Waals surface area (Å²) in [6, 6.07) is 2.98. The number of nitrogens with zero attached hydrogens (tertiary/aromatic N) is 1. The Morgan fingerprint density at radius 1 is 1.22 bits per heavy atom. The Kier molecular flexibility index (Phi) is 7.00. The van der Waals surface area contributed by atoms with Gasteiger partial charge < -0.3 is 15.6 Å². The Morgan fingerprint density at radius 2 is 2.00 bits per heavy atom. The smallest absolute Gasteiger partial charge is 0.258 e. The molecule has 5 nitrogen and oxygen atoms in total. The van der Waals surface area contributed by atoms with Crippen molar-refractivity contribution in [1.82, 2.24) is 15.3 Å². The number of piperidine rings is 1. The lowest BCUT2D eigenvalue weighted by Crippen LogP contribution is -2.29. The number of H-pyrrole nitrogens is 1. The van der Waals surface area contributed by atoms with Crippen molar-refractivity contribution in [3.05, 3.63) is 34.1 Å². The fourth-order valence-corrected chi connectivity index (χ4v) is 4.62. The summed E-state index contributed by atoms with van der Waals surface area (Å²) in [7, 11) is 0. The van der Waals surface area contributed by atoms with Crippen LogP contribution < -0.4 is 16.2 Å². The Labute approximate surface area is 168 Å². The number of fused-ring (bicyclic) bond motifs is 1. The minimum absolute atomic E-state index is 0. The molecule has 0 radical (unpaired) electrons. The van der Waals surface area contributed by atoms with Crippen molar-refractivity contribution >= 4 is 40.8 Å². The highest BCUT2D eigenvalue weighted by Gasteiger charge is 2.18. The third-order valence-electron chi connectivity index (χ3n) is 5.39. The largest absolute Gasteiger partial charge is 0.382 e. The molecular formula is C19H26ClFN4OS. The lowest BCUT2D eigenvalue weighted by molar-refractivity contribution is 0.333. The summed E-state index contributed by atoms with van der Waals surface area (Å²) in [4.78, 5) is 19.7. The summed E-state index contributed by atoms with van der Waals surface area (Å²) in [5.74, 6) is 1.59. The van der Waals surface area contributed by atoms with Gasteiger partial charge in [-0.25, -0.2) is 9.37 Å². The number of halogens is 2. The van der Waals surface area contributed by atoms with Gasteiger partial charge in [0.2, 0.25) is 0 Å². The van der Waals surface area contributed by atoms with E-state index in [-0.39, 0.29) is 23.8 Å². The number of hydrogen-bond donors (Lipinski definition) is 3.